The fourth-order valence-corrected chi connectivity index (χ4v) is 1.11. The molecule has 1 aromatic rings. The molecule has 0 amide bonds. The van der Waals surface area contributed by atoms with Crippen LogP contribution in [0.5, 0.6) is 0 Å². The predicted octanol–water partition coefficient (Wildman–Crippen LogP) is 3.37. The lowest BCUT2D eigenvalue weighted by Crippen LogP contribution is -1.82. The van der Waals surface area contributed by atoms with Crippen molar-refractivity contribution in [2.45, 2.75) is 26.7 Å². The number of hydrogen-bond donors (Lipinski definition) is 0. The normalized spacial score (nSPS) is 10.2. The predicted molar refractivity (Wildman–Crippen MR) is 51.7 cm³/mol. The Hall–Kier alpha value is -0.780. The average Bonchev–Trinajstić information content (AvgIpc) is 2.09. The van der Waals surface area contributed by atoms with Crippen molar-refractivity contribution in [3.8, 4) is 0 Å². The molecule has 0 N–H and O–H groups in total. The van der Waals surface area contributed by atoms with Crippen molar-refractivity contribution >= 4 is 0 Å². The zero-order chi connectivity index (χ0) is 8.81. The van der Waals surface area contributed by atoms with Gasteiger partial charge in [-0.1, -0.05) is 38.1 Å². The van der Waals surface area contributed by atoms with E-state index in [9.17, 15) is 0 Å². The highest BCUT2D eigenvalue weighted by Crippen LogP contribution is 2.10. The van der Waals surface area contributed by atoms with Gasteiger partial charge in [0.05, 0.1) is 0 Å². The van der Waals surface area contributed by atoms with E-state index in [0.717, 1.165) is 12.8 Å². The molecule has 62 valence electrons. The highest BCUT2D eigenvalue weighted by atomic mass is 14.0. The topological polar surface area (TPSA) is 0 Å². The summed E-state index contributed by atoms with van der Waals surface area (Å²) in [6, 6.07) is 8.34. The Morgan fingerprint density at radius 3 is 1.42 bits per heavy atom. The molecule has 1 rings (SSSR count). The van der Waals surface area contributed by atoms with E-state index < -0.39 is 0 Å². The van der Waals surface area contributed by atoms with E-state index in [0.29, 0.717) is 0 Å². The molecule has 12 heavy (non-hydrogen) atoms. The summed E-state index contributed by atoms with van der Waals surface area (Å²) in [4.78, 5) is 0. The Labute approximate surface area is 75.6 Å². The molecule has 0 unspecified atom stereocenters. The van der Waals surface area contributed by atoms with Gasteiger partial charge >= 0.3 is 0 Å². The third kappa shape index (κ3) is 2.69. The summed E-state index contributed by atoms with van der Waals surface area (Å²) >= 11 is 0. The minimum atomic E-state index is 0.973. The summed E-state index contributed by atoms with van der Waals surface area (Å²) in [7, 11) is 0. The SMILES string of the molecule is CC[C]c1ccc([C]CC)cc1. The van der Waals surface area contributed by atoms with Gasteiger partial charge in [-0.3, -0.25) is 0 Å². The first kappa shape index (κ1) is 9.31. The molecular weight excluding hydrogens is 144 g/mol. The van der Waals surface area contributed by atoms with E-state index in [2.05, 4.69) is 51.0 Å². The van der Waals surface area contributed by atoms with Gasteiger partial charge < -0.3 is 0 Å². The largest absolute Gasteiger partial charge is 0.0645 e. The molecule has 0 aliphatic carbocycles. The Bertz CT molecular complexity index is 183. The van der Waals surface area contributed by atoms with Crippen molar-refractivity contribution in [1.29, 1.82) is 0 Å². The summed E-state index contributed by atoms with van der Waals surface area (Å²) in [6.45, 7) is 4.19. The fourth-order valence-electron chi connectivity index (χ4n) is 1.11. The van der Waals surface area contributed by atoms with Gasteiger partial charge in [0.15, 0.2) is 0 Å². The van der Waals surface area contributed by atoms with Gasteiger partial charge in [-0.15, -0.1) is 0 Å². The van der Waals surface area contributed by atoms with Gasteiger partial charge in [-0.25, -0.2) is 0 Å². The van der Waals surface area contributed by atoms with E-state index in [4.69, 9.17) is 0 Å². The lowest BCUT2D eigenvalue weighted by atomic mass is 10.1. The lowest BCUT2D eigenvalue weighted by molar-refractivity contribution is 1.10. The molecule has 1 aromatic carbocycles. The van der Waals surface area contributed by atoms with Crippen molar-refractivity contribution in [1.82, 2.24) is 0 Å². The third-order valence-corrected chi connectivity index (χ3v) is 1.65. The Morgan fingerprint density at radius 1 is 0.833 bits per heavy atom. The lowest BCUT2D eigenvalue weighted by Gasteiger charge is -1.99. The van der Waals surface area contributed by atoms with E-state index in [-0.39, 0.29) is 0 Å². The van der Waals surface area contributed by atoms with E-state index in [1.54, 1.807) is 0 Å². The van der Waals surface area contributed by atoms with Crippen LogP contribution in [-0.2, 0) is 0 Å². The maximum absolute atomic E-state index is 3.25. The zero-order valence-electron chi connectivity index (χ0n) is 7.72. The molecule has 0 atom stereocenters. The second kappa shape index (κ2) is 4.97. The van der Waals surface area contributed by atoms with Gasteiger partial charge in [-0.05, 0) is 24.0 Å². The highest BCUT2D eigenvalue weighted by molar-refractivity contribution is 5.30. The number of benzene rings is 1. The van der Waals surface area contributed by atoms with Crippen LogP contribution in [0.25, 0.3) is 0 Å². The van der Waals surface area contributed by atoms with Gasteiger partial charge in [0.1, 0.15) is 0 Å². The van der Waals surface area contributed by atoms with Crippen LogP contribution in [0.4, 0.5) is 0 Å². The molecule has 0 fully saturated rings. The highest BCUT2D eigenvalue weighted by Gasteiger charge is 1.93. The molecule has 0 saturated carbocycles. The monoisotopic (exact) mass is 158 g/mol. The number of rotatable bonds is 4. The zero-order valence-corrected chi connectivity index (χ0v) is 7.72. The van der Waals surface area contributed by atoms with E-state index in [1.165, 1.54) is 11.1 Å². The molecule has 0 aromatic heterocycles. The average molecular weight is 158 g/mol. The Kier molecular flexibility index (Phi) is 3.86. The summed E-state index contributed by atoms with van der Waals surface area (Å²) in [5, 5.41) is 0. The van der Waals surface area contributed by atoms with Crippen LogP contribution in [0.3, 0.4) is 0 Å². The quantitative estimate of drug-likeness (QED) is 0.630. The molecule has 0 aliphatic heterocycles. The van der Waals surface area contributed by atoms with Crippen LogP contribution in [0.1, 0.15) is 37.8 Å². The smallest absolute Gasteiger partial charge is 0.0161 e. The number of hydrogen-bond acceptors (Lipinski definition) is 0. The minimum Gasteiger partial charge on any atom is -0.0645 e. The maximum Gasteiger partial charge on any atom is 0.0161 e. The van der Waals surface area contributed by atoms with Crippen LogP contribution in [0, 0.1) is 12.8 Å². The molecule has 0 nitrogen and oxygen atoms in total. The third-order valence-electron chi connectivity index (χ3n) is 1.65. The molecule has 0 saturated heterocycles. The first-order valence-corrected chi connectivity index (χ1v) is 4.44. The van der Waals surface area contributed by atoms with Crippen LogP contribution in [0.15, 0.2) is 24.3 Å². The van der Waals surface area contributed by atoms with Crippen molar-refractivity contribution in [3.63, 3.8) is 0 Å². The molecule has 0 aliphatic rings. The second-order valence-corrected chi connectivity index (χ2v) is 2.64. The van der Waals surface area contributed by atoms with Crippen molar-refractivity contribution in [3.05, 3.63) is 48.2 Å². The molecule has 0 spiro atoms. The van der Waals surface area contributed by atoms with Crippen molar-refractivity contribution < 1.29 is 0 Å². The molecular formula is C12H14. The molecule has 0 heteroatoms. The van der Waals surface area contributed by atoms with Crippen molar-refractivity contribution in [2.24, 2.45) is 0 Å². The van der Waals surface area contributed by atoms with Gasteiger partial charge in [0.2, 0.25) is 0 Å². The summed E-state index contributed by atoms with van der Waals surface area (Å²) < 4.78 is 0. The Balaban J connectivity index is 2.58. The van der Waals surface area contributed by atoms with Gasteiger partial charge in [0.25, 0.3) is 0 Å². The van der Waals surface area contributed by atoms with Gasteiger partial charge in [-0.2, -0.15) is 0 Å². The fraction of sp³-hybridized carbons (Fsp3) is 0.333. The molecule has 0 bridgehead atoms. The summed E-state index contributed by atoms with van der Waals surface area (Å²) in [6.07, 6.45) is 8.44. The first-order chi connectivity index (χ1) is 5.86. The van der Waals surface area contributed by atoms with E-state index in [1.807, 2.05) is 0 Å². The summed E-state index contributed by atoms with van der Waals surface area (Å²) in [5.74, 6) is 0. The van der Waals surface area contributed by atoms with Crippen LogP contribution < -0.4 is 0 Å². The van der Waals surface area contributed by atoms with Gasteiger partial charge in [0, 0.05) is 12.8 Å². The maximum atomic E-state index is 3.25. The molecule has 0 heterocycles. The summed E-state index contributed by atoms with van der Waals surface area (Å²) in [5.41, 5.74) is 2.36. The van der Waals surface area contributed by atoms with Crippen molar-refractivity contribution in [2.75, 3.05) is 0 Å². The van der Waals surface area contributed by atoms with Crippen LogP contribution in [0.2, 0.25) is 0 Å². The van der Waals surface area contributed by atoms with E-state index >= 15 is 0 Å². The molecule has 4 radical (unpaired) electrons. The second-order valence-electron chi connectivity index (χ2n) is 2.64. The first-order valence-electron chi connectivity index (χ1n) is 4.44. The van der Waals surface area contributed by atoms with Crippen LogP contribution in [-0.4, -0.2) is 0 Å². The Morgan fingerprint density at radius 2 is 1.17 bits per heavy atom. The standard InChI is InChI=1S/C12H14/c1-3-5-11-7-9-12(6-4-2)10-8-11/h7-10H,3-4H2,1-2H3. The van der Waals surface area contributed by atoms with Crippen LogP contribution >= 0.6 is 0 Å². The minimum absolute atomic E-state index is 0.973.